The zero-order valence-electron chi connectivity index (χ0n) is 17.0. The van der Waals surface area contributed by atoms with E-state index < -0.39 is 17.2 Å². The summed E-state index contributed by atoms with van der Waals surface area (Å²) in [6, 6.07) is 6.07. The molecule has 2 heterocycles. The van der Waals surface area contributed by atoms with E-state index in [1.54, 1.807) is 0 Å². The van der Waals surface area contributed by atoms with Gasteiger partial charge in [-0.05, 0) is 31.7 Å². The molecule has 0 spiro atoms. The minimum Gasteiger partial charge on any atom is -0.339 e. The van der Waals surface area contributed by atoms with Crippen LogP contribution in [0.1, 0.15) is 55.3 Å². The summed E-state index contributed by atoms with van der Waals surface area (Å²) in [6.07, 6.45) is 3.46. The van der Waals surface area contributed by atoms with Crippen LogP contribution in [0, 0.1) is 28.9 Å². The largest absolute Gasteiger partial charge is 0.339 e. The third-order valence-electron chi connectivity index (χ3n) is 6.02. The molecule has 3 atom stereocenters. The molecule has 1 aromatic heterocycles. The number of rotatable bonds is 6. The van der Waals surface area contributed by atoms with Gasteiger partial charge in [0.25, 0.3) is 5.56 Å². The van der Waals surface area contributed by atoms with Gasteiger partial charge in [0.15, 0.2) is 16.8 Å². The number of nitriles is 1. The van der Waals surface area contributed by atoms with Crippen molar-refractivity contribution in [1.29, 1.82) is 5.26 Å². The summed E-state index contributed by atoms with van der Waals surface area (Å²) in [4.78, 5) is 34.3. The first kappa shape index (κ1) is 21.5. The lowest BCUT2D eigenvalue weighted by Crippen LogP contribution is -2.36. The normalized spacial score (nSPS) is 22.4. The van der Waals surface area contributed by atoms with Crippen LogP contribution in [-0.2, 0) is 10.5 Å². The van der Waals surface area contributed by atoms with Gasteiger partial charge >= 0.3 is 0 Å². The zero-order chi connectivity index (χ0) is 22.1. The average molecular weight is 445 g/mol. The molecule has 1 amide bonds. The van der Waals surface area contributed by atoms with Crippen molar-refractivity contribution in [2.24, 2.45) is 5.92 Å². The Morgan fingerprint density at radius 2 is 2.23 bits per heavy atom. The van der Waals surface area contributed by atoms with Crippen LogP contribution < -0.4 is 5.56 Å². The van der Waals surface area contributed by atoms with Crippen molar-refractivity contribution in [3.05, 3.63) is 57.0 Å². The Bertz CT molecular complexity index is 1110. The van der Waals surface area contributed by atoms with Crippen LogP contribution in [0.4, 0.5) is 8.78 Å². The number of carbonyl (C=O) groups excluding carboxylic acids is 1. The molecule has 9 heteroatoms. The molecule has 4 rings (SSSR count). The fraction of sp³-hybridized carbons (Fsp3) is 0.455. The lowest BCUT2D eigenvalue weighted by molar-refractivity contribution is -0.133. The van der Waals surface area contributed by atoms with Crippen LogP contribution in [0.15, 0.2) is 28.2 Å². The summed E-state index contributed by atoms with van der Waals surface area (Å²) in [5, 5.41) is 9.67. The number of hydrogen-bond acceptors (Lipinski definition) is 5. The molecule has 6 nitrogen and oxygen atoms in total. The first-order valence-electron chi connectivity index (χ1n) is 10.3. The number of thioether (sulfide) groups is 1. The highest BCUT2D eigenvalue weighted by molar-refractivity contribution is 7.98. The van der Waals surface area contributed by atoms with Crippen molar-refractivity contribution in [3.63, 3.8) is 0 Å². The Kier molecular flexibility index (Phi) is 6.10. The van der Waals surface area contributed by atoms with Crippen molar-refractivity contribution < 1.29 is 13.6 Å². The smallest absolute Gasteiger partial charge is 0.269 e. The predicted octanol–water partition coefficient (Wildman–Crippen LogP) is 3.72. The number of halogens is 2. The van der Waals surface area contributed by atoms with Crippen molar-refractivity contribution in [2.45, 2.75) is 55.5 Å². The molecule has 0 radical (unpaired) electrons. The van der Waals surface area contributed by atoms with Gasteiger partial charge in [0, 0.05) is 35.7 Å². The Morgan fingerprint density at radius 3 is 2.97 bits per heavy atom. The van der Waals surface area contributed by atoms with Crippen LogP contribution in [0.3, 0.4) is 0 Å². The number of nitrogens with one attached hydrogen (secondary N) is 1. The number of carbonyl (C=O) groups is 1. The number of aromatic amines is 1. The van der Waals surface area contributed by atoms with Crippen LogP contribution in [0.25, 0.3) is 0 Å². The summed E-state index contributed by atoms with van der Waals surface area (Å²) >= 11 is 1.05. The molecule has 0 bridgehead atoms. The molecule has 31 heavy (non-hydrogen) atoms. The molecule has 1 saturated carbocycles. The van der Waals surface area contributed by atoms with E-state index >= 15 is 0 Å². The number of hydrogen-bond donors (Lipinski definition) is 1. The second-order valence-corrected chi connectivity index (χ2v) is 8.89. The first-order chi connectivity index (χ1) is 14.9. The lowest BCUT2D eigenvalue weighted by atomic mass is 10.1. The molecule has 162 valence electrons. The van der Waals surface area contributed by atoms with Crippen molar-refractivity contribution >= 4 is 17.7 Å². The summed E-state index contributed by atoms with van der Waals surface area (Å²) in [6.45, 7) is 2.81. The Hall–Kier alpha value is -2.73. The maximum absolute atomic E-state index is 13.9. The zero-order valence-corrected chi connectivity index (χ0v) is 17.8. The SMILES string of the molecule is CCC1CCCN1C(=O)C1CC1c1nc(SCc2cccc(F)c2F)[nH]c(=O)c1C#N. The third-order valence-corrected chi connectivity index (χ3v) is 6.95. The van der Waals surface area contributed by atoms with Gasteiger partial charge in [-0.1, -0.05) is 30.8 Å². The molecule has 2 aliphatic rings. The van der Waals surface area contributed by atoms with Crippen LogP contribution in [0.5, 0.6) is 0 Å². The maximum atomic E-state index is 13.9. The summed E-state index contributed by atoms with van der Waals surface area (Å²) in [5.74, 6) is -2.28. The van der Waals surface area contributed by atoms with Crippen molar-refractivity contribution in [2.75, 3.05) is 6.54 Å². The van der Waals surface area contributed by atoms with Gasteiger partial charge < -0.3 is 9.88 Å². The van der Waals surface area contributed by atoms with Gasteiger partial charge in [0.05, 0.1) is 5.69 Å². The van der Waals surface area contributed by atoms with E-state index in [9.17, 15) is 23.6 Å². The molecule has 2 aromatic rings. The van der Waals surface area contributed by atoms with Crippen molar-refractivity contribution in [1.82, 2.24) is 14.9 Å². The Morgan fingerprint density at radius 1 is 1.42 bits per heavy atom. The van der Waals surface area contributed by atoms with Gasteiger partial charge in [-0.2, -0.15) is 5.26 Å². The Balaban J connectivity index is 1.54. The topological polar surface area (TPSA) is 89.8 Å². The number of aromatic nitrogens is 2. The van der Waals surface area contributed by atoms with Gasteiger partial charge in [-0.25, -0.2) is 13.8 Å². The van der Waals surface area contributed by atoms with E-state index in [4.69, 9.17) is 0 Å². The van der Waals surface area contributed by atoms with Gasteiger partial charge in [-0.3, -0.25) is 9.59 Å². The summed E-state index contributed by atoms with van der Waals surface area (Å²) in [5.41, 5.74) is -0.202. The van der Waals surface area contributed by atoms with Crippen LogP contribution >= 0.6 is 11.8 Å². The second kappa shape index (κ2) is 8.79. The highest BCUT2D eigenvalue weighted by Gasteiger charge is 2.49. The second-order valence-electron chi connectivity index (χ2n) is 7.93. The predicted molar refractivity (Wildman–Crippen MR) is 111 cm³/mol. The molecule has 1 aromatic carbocycles. The van der Waals surface area contributed by atoms with E-state index in [-0.39, 0.29) is 45.8 Å². The number of amides is 1. The minimum atomic E-state index is -0.938. The third kappa shape index (κ3) is 4.22. The van der Waals surface area contributed by atoms with Gasteiger partial charge in [-0.15, -0.1) is 0 Å². The maximum Gasteiger partial charge on any atom is 0.269 e. The standard InChI is InChI=1S/C22H22F2N4O2S/c1-2-13-6-4-8-28(13)21(30)15-9-14(15)19-16(10-25)20(29)27-22(26-19)31-11-12-5-3-7-17(23)18(12)24/h3,5,7,13-15H,2,4,6,8-9,11H2,1H3,(H,26,27,29). The van der Waals surface area contributed by atoms with Crippen LogP contribution in [-0.4, -0.2) is 33.4 Å². The molecular weight excluding hydrogens is 422 g/mol. The molecular formula is C22H22F2N4O2S. The van der Waals surface area contributed by atoms with E-state index in [1.165, 1.54) is 12.1 Å². The van der Waals surface area contributed by atoms with E-state index in [2.05, 4.69) is 16.9 Å². The number of likely N-dealkylation sites (tertiary alicyclic amines) is 1. The molecule has 2 fully saturated rings. The van der Waals surface area contributed by atoms with Gasteiger partial charge in [0.2, 0.25) is 5.91 Å². The molecule has 3 unspecified atom stereocenters. The highest BCUT2D eigenvalue weighted by Crippen LogP contribution is 2.49. The fourth-order valence-corrected chi connectivity index (χ4v) is 5.10. The van der Waals surface area contributed by atoms with Crippen LogP contribution in [0.2, 0.25) is 0 Å². The average Bonchev–Trinajstić information content (AvgIpc) is 3.41. The number of H-pyrrole nitrogens is 1. The first-order valence-corrected chi connectivity index (χ1v) is 11.3. The summed E-state index contributed by atoms with van der Waals surface area (Å²) in [7, 11) is 0. The number of benzene rings is 1. The monoisotopic (exact) mass is 444 g/mol. The molecule has 1 saturated heterocycles. The quantitative estimate of drug-likeness (QED) is 0.542. The van der Waals surface area contributed by atoms with Gasteiger partial charge in [0.1, 0.15) is 11.6 Å². The summed E-state index contributed by atoms with van der Waals surface area (Å²) < 4.78 is 27.3. The Labute approximate surface area is 182 Å². The number of nitrogens with zero attached hydrogens (tertiary/aromatic N) is 3. The minimum absolute atomic E-state index is 0.0661. The molecule has 1 aliphatic heterocycles. The lowest BCUT2D eigenvalue weighted by Gasteiger charge is -2.23. The van der Waals surface area contributed by atoms with E-state index in [0.717, 1.165) is 43.6 Å². The molecule has 1 aliphatic carbocycles. The van der Waals surface area contributed by atoms with Crippen molar-refractivity contribution in [3.8, 4) is 6.07 Å². The fourth-order valence-electron chi connectivity index (χ4n) is 4.25. The van der Waals surface area contributed by atoms with E-state index in [1.807, 2.05) is 11.0 Å². The highest BCUT2D eigenvalue weighted by atomic mass is 32.2. The van der Waals surface area contributed by atoms with E-state index in [0.29, 0.717) is 12.1 Å². The molecule has 1 N–H and O–H groups in total.